The third kappa shape index (κ3) is 4.36. The van der Waals surface area contributed by atoms with E-state index in [1.165, 1.54) is 4.90 Å². The van der Waals surface area contributed by atoms with Gasteiger partial charge in [-0.05, 0) is 48.2 Å². The largest absolute Gasteiger partial charge is 0.454 e. The summed E-state index contributed by atoms with van der Waals surface area (Å²) in [5, 5.41) is 0. The topological polar surface area (TPSA) is 79.4 Å². The van der Waals surface area contributed by atoms with Gasteiger partial charge in [0.2, 0.25) is 12.7 Å². The number of carbonyl (C=O) groups is 3. The number of ether oxygens (including phenoxy) is 2. The monoisotopic (exact) mass is 511 g/mol. The van der Waals surface area contributed by atoms with Crippen molar-refractivity contribution in [3.63, 3.8) is 0 Å². The van der Waals surface area contributed by atoms with E-state index in [1.807, 2.05) is 61.6 Å². The molecule has 6 rings (SSSR count). The van der Waals surface area contributed by atoms with Gasteiger partial charge in [0, 0.05) is 32.6 Å². The van der Waals surface area contributed by atoms with Gasteiger partial charge >= 0.3 is 0 Å². The molecule has 0 spiro atoms. The number of amides is 3. The number of fused-ring (bicyclic) bond motifs is 2. The molecule has 0 N–H and O–H groups in total. The van der Waals surface area contributed by atoms with E-state index in [9.17, 15) is 14.4 Å². The van der Waals surface area contributed by atoms with E-state index in [-0.39, 0.29) is 37.0 Å². The molecule has 3 heterocycles. The van der Waals surface area contributed by atoms with Gasteiger partial charge in [0.25, 0.3) is 11.8 Å². The van der Waals surface area contributed by atoms with E-state index < -0.39 is 0 Å². The molecule has 0 unspecified atom stereocenters. The van der Waals surface area contributed by atoms with Gasteiger partial charge in [0.1, 0.15) is 0 Å². The average Bonchev–Trinajstić information content (AvgIpc) is 3.51. The predicted octanol–water partition coefficient (Wildman–Crippen LogP) is 4.09. The lowest BCUT2D eigenvalue weighted by Gasteiger charge is -2.35. The van der Waals surface area contributed by atoms with Gasteiger partial charge in [0.05, 0.1) is 23.4 Å². The van der Waals surface area contributed by atoms with Gasteiger partial charge < -0.3 is 19.3 Å². The number of rotatable bonds is 6. The quantitative estimate of drug-likeness (QED) is 0.464. The van der Waals surface area contributed by atoms with Crippen LogP contribution in [0.4, 0.5) is 5.69 Å². The van der Waals surface area contributed by atoms with Crippen LogP contribution >= 0.6 is 0 Å². The molecule has 0 bridgehead atoms. The van der Waals surface area contributed by atoms with Gasteiger partial charge in [0.15, 0.2) is 11.5 Å². The van der Waals surface area contributed by atoms with Gasteiger partial charge in [-0.15, -0.1) is 0 Å². The summed E-state index contributed by atoms with van der Waals surface area (Å²) in [4.78, 5) is 45.1. The molecule has 3 aromatic rings. The van der Waals surface area contributed by atoms with E-state index in [0.717, 1.165) is 16.8 Å². The first kappa shape index (κ1) is 24.0. The summed E-state index contributed by atoms with van der Waals surface area (Å²) in [6.07, 6.45) is 1.40. The fourth-order valence-corrected chi connectivity index (χ4v) is 5.56. The van der Waals surface area contributed by atoms with Gasteiger partial charge in [-0.1, -0.05) is 42.5 Å². The maximum Gasteiger partial charge on any atom is 0.263 e. The summed E-state index contributed by atoms with van der Waals surface area (Å²) in [5.41, 5.74) is 3.54. The summed E-state index contributed by atoms with van der Waals surface area (Å²) < 4.78 is 10.8. The Labute approximate surface area is 221 Å². The number of anilines is 1. The summed E-state index contributed by atoms with van der Waals surface area (Å²) in [5.74, 6) is 0.777. The van der Waals surface area contributed by atoms with Gasteiger partial charge in [-0.3, -0.25) is 19.3 Å². The van der Waals surface area contributed by atoms with Crippen LogP contribution in [0.1, 0.15) is 44.7 Å². The van der Waals surface area contributed by atoms with Crippen molar-refractivity contribution in [3.05, 3.63) is 89.0 Å². The molecule has 0 saturated carbocycles. The SMILES string of the molecule is CN(Cc1ccccc1)C(=O)C1CCN(c2cccc3c2C(=O)N(Cc2ccc4c(c2)OCO4)C3=O)CC1. The number of imide groups is 1. The zero-order valence-electron chi connectivity index (χ0n) is 21.3. The summed E-state index contributed by atoms with van der Waals surface area (Å²) in [7, 11) is 1.85. The first-order valence-corrected chi connectivity index (χ1v) is 12.9. The third-order valence-electron chi connectivity index (χ3n) is 7.58. The molecule has 1 fully saturated rings. The second kappa shape index (κ2) is 9.85. The van der Waals surface area contributed by atoms with Crippen LogP contribution in [0, 0.1) is 5.92 Å². The fourth-order valence-electron chi connectivity index (χ4n) is 5.56. The lowest BCUT2D eigenvalue weighted by molar-refractivity contribution is -0.135. The minimum Gasteiger partial charge on any atom is -0.454 e. The molecule has 0 aliphatic carbocycles. The molecule has 3 amide bonds. The number of benzene rings is 3. The van der Waals surface area contributed by atoms with Crippen molar-refractivity contribution < 1.29 is 23.9 Å². The van der Waals surface area contributed by atoms with Crippen molar-refractivity contribution in [2.45, 2.75) is 25.9 Å². The zero-order chi connectivity index (χ0) is 26.2. The van der Waals surface area contributed by atoms with E-state index in [1.54, 1.807) is 17.0 Å². The Morgan fingerprint density at radius 3 is 2.45 bits per heavy atom. The van der Waals surface area contributed by atoms with Crippen LogP contribution in [0.3, 0.4) is 0 Å². The first-order valence-electron chi connectivity index (χ1n) is 12.9. The minimum atomic E-state index is -0.294. The highest BCUT2D eigenvalue weighted by Gasteiger charge is 2.39. The fraction of sp³-hybridized carbons (Fsp3) is 0.300. The molecule has 0 aromatic heterocycles. The Kier molecular flexibility index (Phi) is 6.23. The molecule has 0 atom stereocenters. The zero-order valence-corrected chi connectivity index (χ0v) is 21.3. The van der Waals surface area contributed by atoms with Crippen molar-refractivity contribution in [2.75, 3.05) is 31.8 Å². The highest BCUT2D eigenvalue weighted by Crippen LogP contribution is 2.37. The Morgan fingerprint density at radius 2 is 1.66 bits per heavy atom. The van der Waals surface area contributed by atoms with Crippen molar-refractivity contribution in [1.82, 2.24) is 9.80 Å². The van der Waals surface area contributed by atoms with Gasteiger partial charge in [-0.2, -0.15) is 0 Å². The van der Waals surface area contributed by atoms with Crippen molar-refractivity contribution in [1.29, 1.82) is 0 Å². The van der Waals surface area contributed by atoms with E-state index in [2.05, 4.69) is 4.90 Å². The van der Waals surface area contributed by atoms with Crippen LogP contribution in [-0.2, 0) is 17.9 Å². The maximum absolute atomic E-state index is 13.5. The molecule has 3 aromatic carbocycles. The van der Waals surface area contributed by atoms with Crippen LogP contribution in [-0.4, -0.2) is 54.5 Å². The standard InChI is InChI=1S/C30H29N3O5/c1-31(17-20-6-3-2-4-7-20)28(34)22-12-14-32(15-13-22)24-9-5-8-23-27(24)30(36)33(29(23)35)18-21-10-11-25-26(16-21)38-19-37-25/h2-11,16,22H,12-15,17-19H2,1H3. The molecule has 0 radical (unpaired) electrons. The molecule has 194 valence electrons. The normalized spacial score (nSPS) is 16.7. The maximum atomic E-state index is 13.5. The molecular weight excluding hydrogens is 482 g/mol. The molecule has 1 saturated heterocycles. The second-order valence-corrected chi connectivity index (χ2v) is 10.0. The van der Waals surface area contributed by atoms with E-state index in [4.69, 9.17) is 9.47 Å². The molecule has 8 heteroatoms. The number of hydrogen-bond donors (Lipinski definition) is 0. The van der Waals surface area contributed by atoms with E-state index >= 15 is 0 Å². The lowest BCUT2D eigenvalue weighted by atomic mass is 9.94. The second-order valence-electron chi connectivity index (χ2n) is 10.0. The van der Waals surface area contributed by atoms with Crippen LogP contribution in [0.15, 0.2) is 66.7 Å². The van der Waals surface area contributed by atoms with Crippen LogP contribution in [0.2, 0.25) is 0 Å². The van der Waals surface area contributed by atoms with Crippen LogP contribution in [0.25, 0.3) is 0 Å². The summed E-state index contributed by atoms with van der Waals surface area (Å²) >= 11 is 0. The van der Waals surface area contributed by atoms with Crippen molar-refractivity contribution >= 4 is 23.4 Å². The Balaban J connectivity index is 1.14. The summed E-state index contributed by atoms with van der Waals surface area (Å²) in [6.45, 7) is 2.21. The Bertz CT molecular complexity index is 1400. The first-order chi connectivity index (χ1) is 18.5. The molecule has 3 aliphatic heterocycles. The van der Waals surface area contributed by atoms with Crippen LogP contribution in [0.5, 0.6) is 11.5 Å². The number of carbonyl (C=O) groups excluding carboxylic acids is 3. The van der Waals surface area contributed by atoms with Crippen molar-refractivity contribution in [2.24, 2.45) is 5.92 Å². The Hall–Kier alpha value is -4.33. The van der Waals surface area contributed by atoms with Gasteiger partial charge in [-0.25, -0.2) is 0 Å². The molecular formula is C30H29N3O5. The highest BCUT2D eigenvalue weighted by molar-refractivity contribution is 6.23. The minimum absolute atomic E-state index is 0.0587. The molecule has 8 nitrogen and oxygen atoms in total. The van der Waals surface area contributed by atoms with Crippen molar-refractivity contribution in [3.8, 4) is 11.5 Å². The predicted molar refractivity (Wildman–Crippen MR) is 141 cm³/mol. The average molecular weight is 512 g/mol. The lowest BCUT2D eigenvalue weighted by Crippen LogP contribution is -2.41. The number of nitrogens with zero attached hydrogens (tertiary/aromatic N) is 3. The Morgan fingerprint density at radius 1 is 0.895 bits per heavy atom. The molecule has 3 aliphatic rings. The third-order valence-corrected chi connectivity index (χ3v) is 7.58. The number of hydrogen-bond acceptors (Lipinski definition) is 6. The van der Waals surface area contributed by atoms with E-state index in [0.29, 0.717) is 55.1 Å². The smallest absolute Gasteiger partial charge is 0.263 e. The van der Waals surface area contributed by atoms with Crippen LogP contribution < -0.4 is 14.4 Å². The summed E-state index contributed by atoms with van der Waals surface area (Å²) in [6, 6.07) is 20.9. The highest BCUT2D eigenvalue weighted by atomic mass is 16.7. The number of piperidine rings is 1. The molecule has 38 heavy (non-hydrogen) atoms.